The van der Waals surface area contributed by atoms with Gasteiger partial charge in [-0.2, -0.15) is 0 Å². The highest BCUT2D eigenvalue weighted by Crippen LogP contribution is 2.23. The van der Waals surface area contributed by atoms with Gasteiger partial charge in [0, 0.05) is 24.8 Å². The lowest BCUT2D eigenvalue weighted by molar-refractivity contribution is 0.0635. The Balaban J connectivity index is 1.70. The lowest BCUT2D eigenvalue weighted by atomic mass is 10.1. The summed E-state index contributed by atoms with van der Waals surface area (Å²) in [5, 5.41) is 4.84. The second kappa shape index (κ2) is 9.08. The summed E-state index contributed by atoms with van der Waals surface area (Å²) in [6.45, 7) is 5.85. The van der Waals surface area contributed by atoms with Crippen molar-refractivity contribution in [2.24, 2.45) is 0 Å². The van der Waals surface area contributed by atoms with Gasteiger partial charge in [0.1, 0.15) is 11.4 Å². The van der Waals surface area contributed by atoms with E-state index in [1.807, 2.05) is 30.3 Å². The first-order valence-corrected chi connectivity index (χ1v) is 10.1. The molecule has 1 N–H and O–H groups in total. The Kier molecular flexibility index (Phi) is 6.49. The molecule has 0 aliphatic rings. The van der Waals surface area contributed by atoms with Gasteiger partial charge < -0.3 is 14.4 Å². The minimum Gasteiger partial charge on any atom is -0.497 e. The molecule has 0 aliphatic heterocycles. The van der Waals surface area contributed by atoms with Crippen molar-refractivity contribution < 1.29 is 19.1 Å². The smallest absolute Gasteiger partial charge is 0.412 e. The highest BCUT2D eigenvalue weighted by Gasteiger charge is 2.17. The molecule has 3 rings (SSSR count). The van der Waals surface area contributed by atoms with Gasteiger partial charge in [-0.05, 0) is 73.5 Å². The zero-order valence-corrected chi connectivity index (χ0v) is 18.6. The summed E-state index contributed by atoms with van der Waals surface area (Å²) >= 11 is 0. The molecule has 0 bridgehead atoms. The molecule has 0 unspecified atom stereocenters. The van der Waals surface area contributed by atoms with Crippen molar-refractivity contribution in [2.45, 2.75) is 32.9 Å². The molecule has 0 atom stereocenters. The maximum atomic E-state index is 12.9. The molecule has 0 saturated carbocycles. The van der Waals surface area contributed by atoms with E-state index in [-0.39, 0.29) is 5.91 Å². The fourth-order valence-corrected chi connectivity index (χ4v) is 3.22. The number of hydrogen-bond donors (Lipinski definition) is 1. The van der Waals surface area contributed by atoms with Gasteiger partial charge in [0.15, 0.2) is 0 Å². The predicted molar refractivity (Wildman–Crippen MR) is 123 cm³/mol. The summed E-state index contributed by atoms with van der Waals surface area (Å²) in [7, 11) is 3.41. The van der Waals surface area contributed by atoms with Gasteiger partial charge in [-0.25, -0.2) is 4.79 Å². The van der Waals surface area contributed by atoms with Crippen molar-refractivity contribution >= 4 is 28.5 Å². The van der Waals surface area contributed by atoms with Crippen LogP contribution in [0.4, 0.5) is 10.5 Å². The molecule has 0 spiro atoms. The summed E-state index contributed by atoms with van der Waals surface area (Å²) in [4.78, 5) is 26.6. The van der Waals surface area contributed by atoms with Crippen LogP contribution in [0.25, 0.3) is 10.8 Å². The minimum absolute atomic E-state index is 0.136. The van der Waals surface area contributed by atoms with E-state index >= 15 is 0 Å². The van der Waals surface area contributed by atoms with Crippen LogP contribution >= 0.6 is 0 Å². The largest absolute Gasteiger partial charge is 0.497 e. The van der Waals surface area contributed by atoms with Crippen molar-refractivity contribution in [2.75, 3.05) is 19.5 Å². The van der Waals surface area contributed by atoms with Gasteiger partial charge >= 0.3 is 6.09 Å². The van der Waals surface area contributed by atoms with E-state index in [2.05, 4.69) is 11.4 Å². The molecule has 6 heteroatoms. The number of methoxy groups -OCH3 is 1. The molecule has 6 nitrogen and oxygen atoms in total. The first-order valence-electron chi connectivity index (χ1n) is 10.1. The molecule has 0 fully saturated rings. The third kappa shape index (κ3) is 5.98. The molecular formula is C25H28N2O4. The van der Waals surface area contributed by atoms with Gasteiger partial charge in [-0.15, -0.1) is 0 Å². The molecule has 31 heavy (non-hydrogen) atoms. The number of nitrogens with zero attached hydrogens (tertiary/aromatic N) is 1. The van der Waals surface area contributed by atoms with E-state index in [1.54, 1.807) is 64.1 Å². The highest BCUT2D eigenvalue weighted by molar-refractivity contribution is 5.96. The van der Waals surface area contributed by atoms with Crippen LogP contribution in [0.15, 0.2) is 60.7 Å². The first kappa shape index (κ1) is 22.2. The molecule has 2 amide bonds. The molecule has 0 heterocycles. The van der Waals surface area contributed by atoms with Gasteiger partial charge in [-0.3, -0.25) is 10.1 Å². The summed E-state index contributed by atoms with van der Waals surface area (Å²) < 4.78 is 10.5. The van der Waals surface area contributed by atoms with Crippen LogP contribution in [0.1, 0.15) is 36.7 Å². The molecule has 0 aromatic heterocycles. The minimum atomic E-state index is -0.595. The second-order valence-corrected chi connectivity index (χ2v) is 8.42. The zero-order chi connectivity index (χ0) is 22.6. The van der Waals surface area contributed by atoms with Crippen molar-refractivity contribution in [3.63, 3.8) is 0 Å². The van der Waals surface area contributed by atoms with Crippen molar-refractivity contribution in [1.29, 1.82) is 0 Å². The number of carbonyl (C=O) groups is 2. The van der Waals surface area contributed by atoms with Crippen LogP contribution < -0.4 is 10.1 Å². The van der Waals surface area contributed by atoms with E-state index in [0.29, 0.717) is 17.8 Å². The van der Waals surface area contributed by atoms with Crippen molar-refractivity contribution in [3.8, 4) is 5.75 Å². The number of nitrogens with one attached hydrogen (secondary N) is 1. The van der Waals surface area contributed by atoms with E-state index in [9.17, 15) is 9.59 Å². The molecule has 3 aromatic carbocycles. The summed E-state index contributed by atoms with van der Waals surface area (Å²) in [6.07, 6.45) is -0.557. The second-order valence-electron chi connectivity index (χ2n) is 8.42. The number of hydrogen-bond acceptors (Lipinski definition) is 4. The molecule has 0 radical (unpaired) electrons. The molecule has 0 saturated heterocycles. The Bertz CT molecular complexity index is 1100. The van der Waals surface area contributed by atoms with Gasteiger partial charge in [0.05, 0.1) is 7.11 Å². The normalized spacial score (nSPS) is 11.1. The Morgan fingerprint density at radius 3 is 2.39 bits per heavy atom. The van der Waals surface area contributed by atoms with Crippen LogP contribution in [0.2, 0.25) is 0 Å². The van der Waals surface area contributed by atoms with Gasteiger partial charge in [0.2, 0.25) is 0 Å². The number of amides is 2. The number of carbonyl (C=O) groups excluding carboxylic acids is 2. The van der Waals surface area contributed by atoms with Crippen molar-refractivity contribution in [1.82, 2.24) is 4.90 Å². The van der Waals surface area contributed by atoms with Gasteiger partial charge in [-0.1, -0.05) is 24.3 Å². The van der Waals surface area contributed by atoms with E-state index < -0.39 is 11.7 Å². The fraction of sp³-hybridized carbons (Fsp3) is 0.280. The average molecular weight is 421 g/mol. The number of rotatable bonds is 5. The Labute approximate surface area is 182 Å². The van der Waals surface area contributed by atoms with Gasteiger partial charge in [0.25, 0.3) is 5.91 Å². The SMILES string of the molecule is COc1ccc2cc(CN(C)C(=O)c3cccc(NC(=O)OC(C)(C)C)c3)ccc2c1. The molecular weight excluding hydrogens is 392 g/mol. The Morgan fingerprint density at radius 1 is 0.968 bits per heavy atom. The standard InChI is InChI=1S/C25H28N2O4/c1-25(2,3)31-24(29)26-21-8-6-7-20(14-21)23(28)27(4)16-17-9-10-19-15-22(30-5)12-11-18(19)13-17/h6-15H,16H2,1-5H3,(H,26,29). The molecule has 162 valence electrons. The monoisotopic (exact) mass is 420 g/mol. The van der Waals surface area contributed by atoms with Crippen LogP contribution in [-0.2, 0) is 11.3 Å². The predicted octanol–water partition coefficient (Wildman–Crippen LogP) is 5.47. The average Bonchev–Trinajstić information content (AvgIpc) is 2.71. The lowest BCUT2D eigenvalue weighted by Gasteiger charge is -2.20. The maximum absolute atomic E-state index is 12.9. The third-order valence-corrected chi connectivity index (χ3v) is 4.63. The molecule has 3 aromatic rings. The highest BCUT2D eigenvalue weighted by atomic mass is 16.6. The first-order chi connectivity index (χ1) is 14.6. The zero-order valence-electron chi connectivity index (χ0n) is 18.6. The summed E-state index contributed by atoms with van der Waals surface area (Å²) in [5.74, 6) is 0.676. The van der Waals surface area contributed by atoms with E-state index in [4.69, 9.17) is 9.47 Å². The van der Waals surface area contributed by atoms with Crippen LogP contribution in [-0.4, -0.2) is 36.7 Å². The number of ether oxygens (including phenoxy) is 2. The van der Waals surface area contributed by atoms with E-state index in [1.165, 1.54) is 0 Å². The van der Waals surface area contributed by atoms with Crippen LogP contribution in [0.3, 0.4) is 0 Å². The van der Waals surface area contributed by atoms with E-state index in [0.717, 1.165) is 22.1 Å². The Morgan fingerprint density at radius 2 is 1.68 bits per heavy atom. The topological polar surface area (TPSA) is 67.9 Å². The summed E-state index contributed by atoms with van der Waals surface area (Å²) in [5.41, 5.74) is 1.43. The summed E-state index contributed by atoms with van der Waals surface area (Å²) in [6, 6.07) is 18.8. The quantitative estimate of drug-likeness (QED) is 0.594. The van der Waals surface area contributed by atoms with Crippen LogP contribution in [0.5, 0.6) is 5.75 Å². The Hall–Kier alpha value is -3.54. The fourth-order valence-electron chi connectivity index (χ4n) is 3.22. The maximum Gasteiger partial charge on any atom is 0.412 e. The van der Waals surface area contributed by atoms with Crippen molar-refractivity contribution in [3.05, 3.63) is 71.8 Å². The number of benzene rings is 3. The third-order valence-electron chi connectivity index (χ3n) is 4.63. The lowest BCUT2D eigenvalue weighted by Crippen LogP contribution is -2.28. The van der Waals surface area contributed by atoms with Crippen LogP contribution in [0, 0.1) is 0 Å². The molecule has 0 aliphatic carbocycles. The number of fused-ring (bicyclic) bond motifs is 1. The number of anilines is 1.